The third kappa shape index (κ3) is 3.58. The van der Waals surface area contributed by atoms with Gasteiger partial charge in [-0.2, -0.15) is 5.10 Å². The van der Waals surface area contributed by atoms with Crippen molar-refractivity contribution in [2.24, 2.45) is 5.10 Å². The summed E-state index contributed by atoms with van der Waals surface area (Å²) in [5, 5.41) is 17.3. The Balaban J connectivity index is 1.62. The van der Waals surface area contributed by atoms with Gasteiger partial charge in [-0.3, -0.25) is 15.5 Å². The lowest BCUT2D eigenvalue weighted by atomic mass is 10.1. The second-order valence-corrected chi connectivity index (χ2v) is 6.69. The summed E-state index contributed by atoms with van der Waals surface area (Å²) in [6.07, 6.45) is 2.93. The molecule has 0 spiro atoms. The maximum Gasteiger partial charge on any atom is 0.287 e. The van der Waals surface area contributed by atoms with E-state index in [1.54, 1.807) is 6.21 Å². The summed E-state index contributed by atoms with van der Waals surface area (Å²) < 4.78 is 2.22. The predicted molar refractivity (Wildman–Crippen MR) is 115 cm³/mol. The number of hydrogen-bond donors (Lipinski definition) is 1. The summed E-state index contributed by atoms with van der Waals surface area (Å²) >= 11 is 0. The van der Waals surface area contributed by atoms with E-state index in [2.05, 4.69) is 70.3 Å². The van der Waals surface area contributed by atoms with E-state index in [0.717, 1.165) is 22.6 Å². The highest BCUT2D eigenvalue weighted by Crippen LogP contribution is 2.26. The van der Waals surface area contributed by atoms with Gasteiger partial charge in [-0.15, -0.1) is 0 Å². The minimum atomic E-state index is -0.484. The van der Waals surface area contributed by atoms with Crippen molar-refractivity contribution in [3.63, 3.8) is 0 Å². The van der Waals surface area contributed by atoms with Crippen LogP contribution in [0.2, 0.25) is 0 Å². The molecule has 2 aromatic heterocycles. The average molecular weight is 385 g/mol. The monoisotopic (exact) mass is 385 g/mol. The number of aryl methyl sites for hydroxylation is 1. The van der Waals surface area contributed by atoms with Crippen LogP contribution in [-0.2, 0) is 0 Å². The molecular weight excluding hydrogens is 366 g/mol. The quantitative estimate of drug-likeness (QED) is 0.298. The molecule has 1 N–H and O–H groups in total. The molecular formula is C22H19N5O2. The summed E-state index contributed by atoms with van der Waals surface area (Å²) in [6, 6.07) is 19.6. The maximum absolute atomic E-state index is 10.7. The highest BCUT2D eigenvalue weighted by molar-refractivity contribution is 5.91. The molecule has 4 rings (SSSR count). The van der Waals surface area contributed by atoms with Crippen LogP contribution >= 0.6 is 0 Å². The van der Waals surface area contributed by atoms with Gasteiger partial charge in [-0.25, -0.2) is 4.98 Å². The summed E-state index contributed by atoms with van der Waals surface area (Å²) in [6.45, 7) is 4.12. The summed E-state index contributed by atoms with van der Waals surface area (Å²) in [5.41, 5.74) is 7.03. The molecule has 0 aliphatic carbocycles. The van der Waals surface area contributed by atoms with Crippen molar-refractivity contribution in [2.45, 2.75) is 13.8 Å². The van der Waals surface area contributed by atoms with Gasteiger partial charge in [0.1, 0.15) is 12.0 Å². The molecule has 0 amide bonds. The minimum Gasteiger partial charge on any atom is -0.317 e. The van der Waals surface area contributed by atoms with E-state index in [4.69, 9.17) is 0 Å². The topological polar surface area (TPSA) is 85.3 Å². The molecule has 0 radical (unpaired) electrons. The Hall–Kier alpha value is -4.00. The number of pyridine rings is 1. The fourth-order valence-electron chi connectivity index (χ4n) is 3.42. The van der Waals surface area contributed by atoms with Crippen LogP contribution in [0.4, 0.5) is 11.5 Å². The number of benzene rings is 2. The number of anilines is 1. The number of nitrogens with zero attached hydrogens (tertiary/aromatic N) is 4. The number of rotatable bonds is 5. The second-order valence-electron chi connectivity index (χ2n) is 6.69. The Morgan fingerprint density at radius 3 is 2.66 bits per heavy atom. The van der Waals surface area contributed by atoms with Crippen LogP contribution in [0.15, 0.2) is 72.0 Å². The van der Waals surface area contributed by atoms with Gasteiger partial charge in [0.15, 0.2) is 0 Å². The van der Waals surface area contributed by atoms with Gasteiger partial charge in [-0.1, -0.05) is 36.4 Å². The standard InChI is InChI=1S/C22H19N5O2/c1-15-12-18(13-24-25-22-11-10-19(14-23-22)27(28)29)16(2)26(15)21-9-5-7-17-6-3-4-8-20(17)21/h3-14H,1-2H3,(H,23,25)/b24-13-. The van der Waals surface area contributed by atoms with E-state index in [1.807, 2.05) is 12.1 Å². The molecule has 144 valence electrons. The molecule has 2 aromatic carbocycles. The normalized spacial score (nSPS) is 11.2. The van der Waals surface area contributed by atoms with E-state index in [0.29, 0.717) is 5.82 Å². The van der Waals surface area contributed by atoms with E-state index >= 15 is 0 Å². The molecule has 7 nitrogen and oxygen atoms in total. The lowest BCUT2D eigenvalue weighted by molar-refractivity contribution is -0.385. The van der Waals surface area contributed by atoms with Crippen LogP contribution < -0.4 is 5.43 Å². The summed E-state index contributed by atoms with van der Waals surface area (Å²) in [5.74, 6) is 0.440. The zero-order valence-corrected chi connectivity index (χ0v) is 16.0. The van der Waals surface area contributed by atoms with Gasteiger partial charge in [0.25, 0.3) is 5.69 Å². The molecule has 0 aliphatic rings. The molecule has 4 aromatic rings. The molecule has 0 saturated heterocycles. The Kier molecular flexibility index (Phi) is 4.78. The van der Waals surface area contributed by atoms with E-state index in [-0.39, 0.29) is 5.69 Å². The fraction of sp³-hybridized carbons (Fsp3) is 0.0909. The van der Waals surface area contributed by atoms with Crippen molar-refractivity contribution in [3.05, 3.63) is 93.9 Å². The molecule has 29 heavy (non-hydrogen) atoms. The zero-order valence-electron chi connectivity index (χ0n) is 16.0. The first-order valence-corrected chi connectivity index (χ1v) is 9.11. The lowest BCUT2D eigenvalue weighted by Crippen LogP contribution is -2.01. The Morgan fingerprint density at radius 2 is 1.90 bits per heavy atom. The average Bonchev–Trinajstić information content (AvgIpc) is 3.01. The van der Waals surface area contributed by atoms with Crippen molar-refractivity contribution >= 4 is 28.5 Å². The van der Waals surface area contributed by atoms with Gasteiger partial charge >= 0.3 is 0 Å². The van der Waals surface area contributed by atoms with E-state index in [9.17, 15) is 10.1 Å². The number of nitrogens with one attached hydrogen (secondary N) is 1. The number of hydrogen-bond acceptors (Lipinski definition) is 5. The van der Waals surface area contributed by atoms with Crippen LogP contribution in [0.3, 0.4) is 0 Å². The second kappa shape index (κ2) is 7.55. The first-order valence-electron chi connectivity index (χ1n) is 9.11. The largest absolute Gasteiger partial charge is 0.317 e. The summed E-state index contributed by atoms with van der Waals surface area (Å²) in [7, 11) is 0. The Labute approximate surface area is 167 Å². The van der Waals surface area contributed by atoms with Crippen molar-refractivity contribution in [1.29, 1.82) is 0 Å². The molecule has 0 atom stereocenters. The van der Waals surface area contributed by atoms with Crippen molar-refractivity contribution < 1.29 is 4.92 Å². The predicted octanol–water partition coefficient (Wildman–Crippen LogP) is 5.00. The fourth-order valence-corrected chi connectivity index (χ4v) is 3.42. The Bertz CT molecular complexity index is 1220. The van der Waals surface area contributed by atoms with Gasteiger partial charge in [0.2, 0.25) is 0 Å². The van der Waals surface area contributed by atoms with Gasteiger partial charge in [0, 0.05) is 28.4 Å². The van der Waals surface area contributed by atoms with Crippen LogP contribution in [0.25, 0.3) is 16.5 Å². The van der Waals surface area contributed by atoms with Gasteiger partial charge in [0.05, 0.1) is 16.8 Å². The Morgan fingerprint density at radius 1 is 1.10 bits per heavy atom. The van der Waals surface area contributed by atoms with Gasteiger partial charge < -0.3 is 4.57 Å². The number of hydrazone groups is 1. The highest BCUT2D eigenvalue weighted by atomic mass is 16.6. The molecule has 2 heterocycles. The third-order valence-electron chi connectivity index (χ3n) is 4.82. The maximum atomic E-state index is 10.7. The van der Waals surface area contributed by atoms with E-state index in [1.165, 1.54) is 29.1 Å². The molecule has 0 aliphatic heterocycles. The molecule has 0 fully saturated rings. The molecule has 0 bridgehead atoms. The smallest absolute Gasteiger partial charge is 0.287 e. The van der Waals surface area contributed by atoms with Crippen molar-refractivity contribution in [2.75, 3.05) is 5.43 Å². The first-order chi connectivity index (χ1) is 14.0. The van der Waals surface area contributed by atoms with Crippen LogP contribution in [0.5, 0.6) is 0 Å². The lowest BCUT2D eigenvalue weighted by Gasteiger charge is -2.12. The SMILES string of the molecule is Cc1cc(/C=N\Nc2ccc([N+](=O)[O-])cn2)c(C)n1-c1cccc2ccccc12. The zero-order chi connectivity index (χ0) is 20.4. The van der Waals surface area contributed by atoms with Crippen LogP contribution in [0, 0.1) is 24.0 Å². The van der Waals surface area contributed by atoms with Crippen molar-refractivity contribution in [1.82, 2.24) is 9.55 Å². The van der Waals surface area contributed by atoms with E-state index < -0.39 is 4.92 Å². The number of fused-ring (bicyclic) bond motifs is 1. The third-order valence-corrected chi connectivity index (χ3v) is 4.82. The minimum absolute atomic E-state index is 0.0573. The molecule has 0 saturated carbocycles. The number of nitro groups is 1. The first kappa shape index (κ1) is 18.4. The molecule has 0 unspecified atom stereocenters. The van der Waals surface area contributed by atoms with Crippen LogP contribution in [-0.4, -0.2) is 20.7 Å². The van der Waals surface area contributed by atoms with Crippen molar-refractivity contribution in [3.8, 4) is 5.69 Å². The summed E-state index contributed by atoms with van der Waals surface area (Å²) in [4.78, 5) is 14.2. The van der Waals surface area contributed by atoms with Gasteiger partial charge in [-0.05, 0) is 37.4 Å². The highest BCUT2D eigenvalue weighted by Gasteiger charge is 2.12. The number of aromatic nitrogens is 2. The molecule has 7 heteroatoms. The van der Waals surface area contributed by atoms with Crippen LogP contribution in [0.1, 0.15) is 17.0 Å².